The second-order valence-electron chi connectivity index (χ2n) is 4.45. The van der Waals surface area contributed by atoms with Crippen LogP contribution in [0.3, 0.4) is 0 Å². The molecule has 0 unspecified atom stereocenters. The van der Waals surface area contributed by atoms with Crippen LogP contribution >= 0.6 is 0 Å². The van der Waals surface area contributed by atoms with Gasteiger partial charge in [0.05, 0.1) is 11.4 Å². The molecular formula is C14H17N3O2. The molecule has 2 rings (SSSR count). The summed E-state index contributed by atoms with van der Waals surface area (Å²) in [7, 11) is 1.87. The summed E-state index contributed by atoms with van der Waals surface area (Å²) in [5, 5.41) is 16.4. The van der Waals surface area contributed by atoms with Crippen LogP contribution in [0.4, 0.5) is 0 Å². The van der Waals surface area contributed by atoms with Crippen molar-refractivity contribution in [3.8, 4) is 5.75 Å². The Morgan fingerprint density at radius 1 is 1.42 bits per heavy atom. The number of benzene rings is 1. The van der Waals surface area contributed by atoms with E-state index in [-0.39, 0.29) is 0 Å². The van der Waals surface area contributed by atoms with Gasteiger partial charge in [-0.3, -0.25) is 4.68 Å². The van der Waals surface area contributed by atoms with Gasteiger partial charge in [-0.05, 0) is 37.6 Å². The molecule has 2 aromatic rings. The van der Waals surface area contributed by atoms with Gasteiger partial charge in [0.25, 0.3) is 0 Å². The van der Waals surface area contributed by atoms with Crippen molar-refractivity contribution in [3.05, 3.63) is 47.3 Å². The number of hydrogen-bond donors (Lipinski definition) is 1. The molecule has 100 valence electrons. The molecule has 0 saturated carbocycles. The Hall–Kier alpha value is -2.30. The summed E-state index contributed by atoms with van der Waals surface area (Å²) in [6, 6.07) is 7.67. The highest BCUT2D eigenvalue weighted by Gasteiger charge is 2.08. The standard InChI is InChI=1S/C14H17N3O2/c1-10-4-5-13(11(2)16-18)14(8-10)19-9-12-6-7-17(3)15-12/h4-8,18H,9H2,1-3H3/b16-11-. The lowest BCUT2D eigenvalue weighted by Gasteiger charge is -2.10. The Morgan fingerprint density at radius 2 is 2.21 bits per heavy atom. The molecule has 0 spiro atoms. The average molecular weight is 259 g/mol. The summed E-state index contributed by atoms with van der Waals surface area (Å²) in [4.78, 5) is 0. The smallest absolute Gasteiger partial charge is 0.132 e. The fourth-order valence-corrected chi connectivity index (χ4v) is 1.79. The van der Waals surface area contributed by atoms with Crippen molar-refractivity contribution in [3.63, 3.8) is 0 Å². The zero-order chi connectivity index (χ0) is 13.8. The minimum Gasteiger partial charge on any atom is -0.487 e. The first-order valence-electron chi connectivity index (χ1n) is 6.01. The van der Waals surface area contributed by atoms with E-state index in [4.69, 9.17) is 9.94 Å². The largest absolute Gasteiger partial charge is 0.487 e. The quantitative estimate of drug-likeness (QED) is 0.521. The van der Waals surface area contributed by atoms with E-state index < -0.39 is 0 Å². The predicted octanol–water partition coefficient (Wildman–Crippen LogP) is 2.51. The normalized spacial score (nSPS) is 11.6. The van der Waals surface area contributed by atoms with E-state index in [1.165, 1.54) is 0 Å². The van der Waals surface area contributed by atoms with Gasteiger partial charge in [-0.2, -0.15) is 5.10 Å². The maximum Gasteiger partial charge on any atom is 0.132 e. The first kappa shape index (κ1) is 13.1. The minimum atomic E-state index is 0.385. The molecule has 0 fully saturated rings. The highest BCUT2D eigenvalue weighted by molar-refractivity contribution is 6.00. The molecule has 0 aliphatic heterocycles. The highest BCUT2D eigenvalue weighted by Crippen LogP contribution is 2.22. The summed E-state index contributed by atoms with van der Waals surface area (Å²) in [5.74, 6) is 0.695. The molecule has 0 atom stereocenters. The Kier molecular flexibility index (Phi) is 3.85. The maximum absolute atomic E-state index is 8.89. The molecule has 0 aliphatic carbocycles. The van der Waals surface area contributed by atoms with Crippen LogP contribution in [0.1, 0.15) is 23.7 Å². The molecule has 0 saturated heterocycles. The second kappa shape index (κ2) is 5.56. The van der Waals surface area contributed by atoms with E-state index in [2.05, 4.69) is 10.3 Å². The monoisotopic (exact) mass is 259 g/mol. The number of ether oxygens (including phenoxy) is 1. The zero-order valence-corrected chi connectivity index (χ0v) is 11.3. The van der Waals surface area contributed by atoms with Crippen LogP contribution in [0, 0.1) is 6.92 Å². The summed E-state index contributed by atoms with van der Waals surface area (Å²) in [6.07, 6.45) is 1.87. The molecule has 0 radical (unpaired) electrons. The molecule has 0 bridgehead atoms. The van der Waals surface area contributed by atoms with Crippen molar-refractivity contribution >= 4 is 5.71 Å². The molecule has 0 amide bonds. The fraction of sp³-hybridized carbons (Fsp3) is 0.286. The molecule has 5 nitrogen and oxygen atoms in total. The SMILES string of the molecule is C/C(=N/O)c1ccc(C)cc1OCc1ccn(C)n1. The predicted molar refractivity (Wildman–Crippen MR) is 72.7 cm³/mol. The molecular weight excluding hydrogens is 242 g/mol. The van der Waals surface area contributed by atoms with Crippen molar-refractivity contribution in [2.75, 3.05) is 0 Å². The third-order valence-electron chi connectivity index (χ3n) is 2.82. The summed E-state index contributed by atoms with van der Waals surface area (Å²) in [5.41, 5.74) is 3.25. The van der Waals surface area contributed by atoms with Crippen molar-refractivity contribution < 1.29 is 9.94 Å². The van der Waals surface area contributed by atoms with Gasteiger partial charge in [-0.25, -0.2) is 0 Å². The average Bonchev–Trinajstić information content (AvgIpc) is 2.81. The van der Waals surface area contributed by atoms with Crippen molar-refractivity contribution in [2.24, 2.45) is 12.2 Å². The van der Waals surface area contributed by atoms with E-state index in [1.54, 1.807) is 11.6 Å². The Bertz CT molecular complexity index is 602. The second-order valence-corrected chi connectivity index (χ2v) is 4.45. The fourth-order valence-electron chi connectivity index (χ4n) is 1.79. The lowest BCUT2D eigenvalue weighted by Crippen LogP contribution is -2.04. The number of aryl methyl sites for hydroxylation is 2. The summed E-state index contributed by atoms with van der Waals surface area (Å²) in [6.45, 7) is 4.11. The molecule has 0 aliphatic rings. The van der Waals surface area contributed by atoms with Crippen LogP contribution in [0.2, 0.25) is 0 Å². The maximum atomic E-state index is 8.89. The van der Waals surface area contributed by atoms with Crippen LogP contribution in [0.15, 0.2) is 35.6 Å². The Labute approximate surface area is 112 Å². The Balaban J connectivity index is 2.21. The van der Waals surface area contributed by atoms with E-state index in [9.17, 15) is 0 Å². The first-order chi connectivity index (χ1) is 9.10. The topological polar surface area (TPSA) is 59.6 Å². The van der Waals surface area contributed by atoms with Crippen LogP contribution in [-0.4, -0.2) is 20.7 Å². The number of hydrogen-bond acceptors (Lipinski definition) is 4. The van der Waals surface area contributed by atoms with Gasteiger partial charge in [0.15, 0.2) is 0 Å². The van der Waals surface area contributed by atoms with E-state index >= 15 is 0 Å². The first-order valence-corrected chi connectivity index (χ1v) is 6.01. The van der Waals surface area contributed by atoms with Gasteiger partial charge in [0, 0.05) is 18.8 Å². The number of oxime groups is 1. The minimum absolute atomic E-state index is 0.385. The number of nitrogens with zero attached hydrogens (tertiary/aromatic N) is 3. The Morgan fingerprint density at radius 3 is 2.84 bits per heavy atom. The summed E-state index contributed by atoms with van der Waals surface area (Å²) >= 11 is 0. The van der Waals surface area contributed by atoms with Crippen LogP contribution in [-0.2, 0) is 13.7 Å². The zero-order valence-electron chi connectivity index (χ0n) is 11.3. The van der Waals surface area contributed by atoms with Crippen LogP contribution < -0.4 is 4.74 Å². The van der Waals surface area contributed by atoms with E-state index in [0.29, 0.717) is 18.1 Å². The molecule has 1 aromatic carbocycles. The van der Waals surface area contributed by atoms with E-state index in [1.807, 2.05) is 44.4 Å². The van der Waals surface area contributed by atoms with Gasteiger partial charge in [0.2, 0.25) is 0 Å². The van der Waals surface area contributed by atoms with Crippen molar-refractivity contribution in [1.82, 2.24) is 9.78 Å². The third-order valence-corrected chi connectivity index (χ3v) is 2.82. The lowest BCUT2D eigenvalue weighted by atomic mass is 10.1. The molecule has 1 aromatic heterocycles. The lowest BCUT2D eigenvalue weighted by molar-refractivity contribution is 0.297. The number of aromatic nitrogens is 2. The summed E-state index contributed by atoms with van der Waals surface area (Å²) < 4.78 is 7.50. The van der Waals surface area contributed by atoms with Gasteiger partial charge < -0.3 is 9.94 Å². The van der Waals surface area contributed by atoms with Crippen LogP contribution in [0.5, 0.6) is 5.75 Å². The highest BCUT2D eigenvalue weighted by atomic mass is 16.5. The van der Waals surface area contributed by atoms with Gasteiger partial charge in [-0.15, -0.1) is 0 Å². The van der Waals surface area contributed by atoms with Gasteiger partial charge in [-0.1, -0.05) is 11.2 Å². The van der Waals surface area contributed by atoms with Gasteiger partial charge in [0.1, 0.15) is 12.4 Å². The van der Waals surface area contributed by atoms with Crippen molar-refractivity contribution in [2.45, 2.75) is 20.5 Å². The van der Waals surface area contributed by atoms with Crippen molar-refractivity contribution in [1.29, 1.82) is 0 Å². The molecule has 1 heterocycles. The number of rotatable bonds is 4. The molecule has 1 N–H and O–H groups in total. The molecule has 19 heavy (non-hydrogen) atoms. The molecule has 5 heteroatoms. The van der Waals surface area contributed by atoms with Crippen LogP contribution in [0.25, 0.3) is 0 Å². The van der Waals surface area contributed by atoms with E-state index in [0.717, 1.165) is 16.8 Å². The third kappa shape index (κ3) is 3.13. The van der Waals surface area contributed by atoms with Gasteiger partial charge >= 0.3 is 0 Å².